The lowest BCUT2D eigenvalue weighted by molar-refractivity contribution is 0.273. The molecule has 0 aliphatic heterocycles. The predicted octanol–water partition coefficient (Wildman–Crippen LogP) is 2.20. The molecule has 1 N–H and O–H groups in total. The van der Waals surface area contributed by atoms with Gasteiger partial charge in [0.1, 0.15) is 5.69 Å². The molecule has 0 aromatic carbocycles. The Morgan fingerprint density at radius 1 is 1.25 bits per heavy atom. The van der Waals surface area contributed by atoms with Crippen LogP contribution in [0.5, 0.6) is 11.9 Å². The third kappa shape index (κ3) is 3.03. The Kier molecular flexibility index (Phi) is 4.62. The lowest BCUT2D eigenvalue weighted by Crippen LogP contribution is -2.04. The van der Waals surface area contributed by atoms with Crippen LogP contribution in [-0.2, 0) is 6.61 Å². The molecule has 0 radical (unpaired) electrons. The molecule has 0 bridgehead atoms. The molecule has 0 spiro atoms. The van der Waals surface area contributed by atoms with Gasteiger partial charge in [0.2, 0.25) is 5.88 Å². The van der Waals surface area contributed by atoms with Gasteiger partial charge in [-0.3, -0.25) is 0 Å². The van der Waals surface area contributed by atoms with Crippen LogP contribution in [0.25, 0.3) is 11.3 Å². The molecule has 2 aromatic heterocycles. The van der Waals surface area contributed by atoms with Gasteiger partial charge in [-0.15, -0.1) is 5.10 Å². The van der Waals surface area contributed by atoms with E-state index < -0.39 is 0 Å². The number of ether oxygens (including phenoxy) is 2. The average molecular weight is 330 g/mol. The first-order valence-corrected chi connectivity index (χ1v) is 8.01. The van der Waals surface area contributed by atoms with Gasteiger partial charge < -0.3 is 14.6 Å². The Labute approximate surface area is 141 Å². The summed E-state index contributed by atoms with van der Waals surface area (Å²) in [5.41, 5.74) is 2.98. The summed E-state index contributed by atoms with van der Waals surface area (Å²) in [6, 6.07) is 2.21. The van der Waals surface area contributed by atoms with Gasteiger partial charge in [-0.25, -0.2) is 4.98 Å². The Morgan fingerprint density at radius 3 is 2.62 bits per heavy atom. The molecule has 128 valence electrons. The van der Waals surface area contributed by atoms with E-state index in [0.29, 0.717) is 40.6 Å². The molecular weight excluding hydrogens is 308 g/mol. The fourth-order valence-electron chi connectivity index (χ4n) is 3.10. The summed E-state index contributed by atoms with van der Waals surface area (Å²) < 4.78 is 10.4. The molecule has 2 atom stereocenters. The van der Waals surface area contributed by atoms with E-state index in [0.717, 1.165) is 12.0 Å². The summed E-state index contributed by atoms with van der Waals surface area (Å²) in [4.78, 5) is 8.32. The van der Waals surface area contributed by atoms with E-state index in [9.17, 15) is 5.11 Å². The van der Waals surface area contributed by atoms with Crippen LogP contribution in [0, 0.1) is 11.8 Å². The summed E-state index contributed by atoms with van der Waals surface area (Å²) in [5, 5.41) is 18.0. The maximum atomic E-state index is 9.58. The lowest BCUT2D eigenvalue weighted by atomic mass is 10.0. The van der Waals surface area contributed by atoms with Crippen molar-refractivity contribution in [2.24, 2.45) is 11.8 Å². The second kappa shape index (κ2) is 6.68. The number of hydrogen-bond acceptors (Lipinski definition) is 7. The summed E-state index contributed by atoms with van der Waals surface area (Å²) >= 11 is 0. The maximum Gasteiger partial charge on any atom is 0.319 e. The quantitative estimate of drug-likeness (QED) is 0.868. The topological polar surface area (TPSA) is 90.2 Å². The van der Waals surface area contributed by atoms with Crippen LogP contribution in [0.2, 0.25) is 0 Å². The highest BCUT2D eigenvalue weighted by Crippen LogP contribution is 2.52. The molecule has 1 aliphatic carbocycles. The SMILES string of the molecule is COc1ncc(-c2cc([C@H]3C[C@@H]3C(C)C)c(CO)nn2)c(OC)n1. The summed E-state index contributed by atoms with van der Waals surface area (Å²) in [7, 11) is 3.04. The van der Waals surface area contributed by atoms with Gasteiger partial charge in [-0.05, 0) is 35.8 Å². The Balaban J connectivity index is 2.01. The van der Waals surface area contributed by atoms with Gasteiger partial charge in [0.15, 0.2) is 0 Å². The first kappa shape index (κ1) is 16.6. The first-order valence-electron chi connectivity index (χ1n) is 8.01. The number of hydrogen-bond donors (Lipinski definition) is 1. The molecule has 0 amide bonds. The van der Waals surface area contributed by atoms with E-state index in [1.165, 1.54) is 14.2 Å². The van der Waals surface area contributed by atoms with Crippen molar-refractivity contribution in [3.8, 4) is 23.1 Å². The average Bonchev–Trinajstić information content (AvgIpc) is 3.41. The first-order chi connectivity index (χ1) is 11.6. The zero-order valence-corrected chi connectivity index (χ0v) is 14.4. The predicted molar refractivity (Wildman–Crippen MR) is 87.8 cm³/mol. The van der Waals surface area contributed by atoms with E-state index in [2.05, 4.69) is 34.0 Å². The number of nitrogens with zero attached hydrogens (tertiary/aromatic N) is 4. The van der Waals surface area contributed by atoms with Gasteiger partial charge in [0.25, 0.3) is 0 Å². The Bertz CT molecular complexity index is 736. The van der Waals surface area contributed by atoms with Crippen LogP contribution in [0.3, 0.4) is 0 Å². The number of aliphatic hydroxyl groups excluding tert-OH is 1. The van der Waals surface area contributed by atoms with E-state index in [4.69, 9.17) is 9.47 Å². The molecule has 3 rings (SSSR count). The minimum absolute atomic E-state index is 0.111. The Hall–Kier alpha value is -2.28. The lowest BCUT2D eigenvalue weighted by Gasteiger charge is -2.11. The second-order valence-corrected chi connectivity index (χ2v) is 6.32. The number of methoxy groups -OCH3 is 2. The molecule has 1 saturated carbocycles. The highest BCUT2D eigenvalue weighted by molar-refractivity contribution is 5.64. The van der Waals surface area contributed by atoms with Gasteiger partial charge in [-0.1, -0.05) is 13.8 Å². The molecule has 0 unspecified atom stereocenters. The van der Waals surface area contributed by atoms with Crippen molar-refractivity contribution >= 4 is 0 Å². The highest BCUT2D eigenvalue weighted by Gasteiger charge is 2.42. The van der Waals surface area contributed by atoms with E-state index in [-0.39, 0.29) is 12.6 Å². The molecular formula is C17H22N4O3. The van der Waals surface area contributed by atoms with Crippen molar-refractivity contribution in [1.82, 2.24) is 20.2 Å². The Morgan fingerprint density at radius 2 is 2.04 bits per heavy atom. The molecule has 0 saturated heterocycles. The minimum atomic E-state index is -0.111. The zero-order valence-electron chi connectivity index (χ0n) is 14.4. The van der Waals surface area contributed by atoms with E-state index in [1.807, 2.05) is 6.07 Å². The number of aromatic nitrogens is 4. The van der Waals surface area contributed by atoms with E-state index in [1.54, 1.807) is 6.20 Å². The summed E-state index contributed by atoms with van der Waals surface area (Å²) in [6.45, 7) is 4.33. The molecule has 1 aliphatic rings. The number of rotatable bonds is 6. The smallest absolute Gasteiger partial charge is 0.319 e. The molecule has 2 aromatic rings. The third-order valence-corrected chi connectivity index (χ3v) is 4.53. The van der Waals surface area contributed by atoms with Crippen molar-refractivity contribution in [2.45, 2.75) is 32.8 Å². The van der Waals surface area contributed by atoms with Crippen molar-refractivity contribution in [3.63, 3.8) is 0 Å². The molecule has 2 heterocycles. The minimum Gasteiger partial charge on any atom is -0.480 e. The van der Waals surface area contributed by atoms with E-state index >= 15 is 0 Å². The van der Waals surface area contributed by atoms with Crippen LogP contribution in [0.1, 0.15) is 37.4 Å². The normalized spacial score (nSPS) is 19.4. The molecule has 7 heteroatoms. The summed E-state index contributed by atoms with van der Waals surface area (Å²) in [5.74, 6) is 2.04. The summed E-state index contributed by atoms with van der Waals surface area (Å²) in [6.07, 6.45) is 2.73. The monoisotopic (exact) mass is 330 g/mol. The van der Waals surface area contributed by atoms with Crippen LogP contribution in [0.15, 0.2) is 12.3 Å². The van der Waals surface area contributed by atoms with Crippen molar-refractivity contribution in [1.29, 1.82) is 0 Å². The van der Waals surface area contributed by atoms with Gasteiger partial charge in [0.05, 0.1) is 32.1 Å². The molecule has 1 fully saturated rings. The maximum absolute atomic E-state index is 9.58. The second-order valence-electron chi connectivity index (χ2n) is 6.32. The van der Waals surface area contributed by atoms with Crippen molar-refractivity contribution in [3.05, 3.63) is 23.5 Å². The van der Waals surface area contributed by atoms with Crippen LogP contribution >= 0.6 is 0 Å². The number of aliphatic hydroxyl groups is 1. The van der Waals surface area contributed by atoms with Gasteiger partial charge >= 0.3 is 6.01 Å². The van der Waals surface area contributed by atoms with Crippen molar-refractivity contribution < 1.29 is 14.6 Å². The molecule has 7 nitrogen and oxygen atoms in total. The standard InChI is InChI=1S/C17H22N4O3/c1-9(2)10-5-11(10)12-6-14(20-21-15(12)8-22)13-7-18-17(24-4)19-16(13)23-3/h6-7,9-11,22H,5,8H2,1-4H3/t10-,11+/m1/s1. The van der Waals surface area contributed by atoms with Gasteiger partial charge in [-0.2, -0.15) is 10.1 Å². The molecule has 24 heavy (non-hydrogen) atoms. The fraction of sp³-hybridized carbons (Fsp3) is 0.529. The fourth-order valence-corrected chi connectivity index (χ4v) is 3.10. The van der Waals surface area contributed by atoms with Crippen molar-refractivity contribution in [2.75, 3.05) is 14.2 Å². The third-order valence-electron chi connectivity index (χ3n) is 4.53. The highest BCUT2D eigenvalue weighted by atomic mass is 16.5. The van der Waals surface area contributed by atoms with Gasteiger partial charge in [0, 0.05) is 6.20 Å². The largest absolute Gasteiger partial charge is 0.480 e. The van der Waals surface area contributed by atoms with Crippen LogP contribution in [-0.4, -0.2) is 39.5 Å². The van der Waals surface area contributed by atoms with Crippen LogP contribution < -0.4 is 9.47 Å². The zero-order chi connectivity index (χ0) is 17.3. The van der Waals surface area contributed by atoms with Crippen LogP contribution in [0.4, 0.5) is 0 Å².